The number of carbonyl (C=O) groups is 1. The molecule has 6 heteroatoms. The van der Waals surface area contributed by atoms with Crippen molar-refractivity contribution in [3.05, 3.63) is 18.5 Å². The van der Waals surface area contributed by atoms with Gasteiger partial charge in [0.2, 0.25) is 5.91 Å². The van der Waals surface area contributed by atoms with Gasteiger partial charge in [0.25, 0.3) is 0 Å². The minimum Gasteiger partial charge on any atom is -0.399 e. The Labute approximate surface area is 132 Å². The fourth-order valence-electron chi connectivity index (χ4n) is 1.95. The number of hydrogen-bond donors (Lipinski definition) is 1. The zero-order chi connectivity index (χ0) is 16.8. The minimum absolute atomic E-state index is 0.0552. The van der Waals surface area contributed by atoms with Gasteiger partial charge in [-0.1, -0.05) is 20.8 Å². The average molecular weight is 304 g/mol. The third-order valence-electron chi connectivity index (χ3n) is 4.22. The second kappa shape index (κ2) is 5.35. The van der Waals surface area contributed by atoms with Crippen molar-refractivity contribution in [2.24, 2.45) is 5.41 Å². The van der Waals surface area contributed by atoms with E-state index < -0.39 is 23.7 Å². The SMILES string of the molecule is CC(C)(C)C(=O)Nc1cncc(B2OC(C)(C)C(C)(C)O2)c1. The van der Waals surface area contributed by atoms with Crippen LogP contribution in [0.2, 0.25) is 0 Å². The Morgan fingerprint density at radius 1 is 1.14 bits per heavy atom. The van der Waals surface area contributed by atoms with Gasteiger partial charge in [0.1, 0.15) is 0 Å². The fraction of sp³-hybridized carbons (Fsp3) is 0.625. The van der Waals surface area contributed by atoms with Gasteiger partial charge in [-0.25, -0.2) is 0 Å². The van der Waals surface area contributed by atoms with Crippen molar-refractivity contribution in [1.29, 1.82) is 0 Å². The molecule has 1 saturated heterocycles. The van der Waals surface area contributed by atoms with E-state index >= 15 is 0 Å². The van der Waals surface area contributed by atoms with Gasteiger partial charge >= 0.3 is 7.12 Å². The third-order valence-corrected chi connectivity index (χ3v) is 4.22. The Morgan fingerprint density at radius 3 is 2.18 bits per heavy atom. The molecule has 120 valence electrons. The van der Waals surface area contributed by atoms with E-state index in [1.165, 1.54) is 0 Å². The molecule has 0 aliphatic carbocycles. The number of hydrogen-bond acceptors (Lipinski definition) is 4. The first-order valence-electron chi connectivity index (χ1n) is 7.54. The average Bonchev–Trinajstić information content (AvgIpc) is 2.57. The highest BCUT2D eigenvalue weighted by atomic mass is 16.7. The summed E-state index contributed by atoms with van der Waals surface area (Å²) in [5, 5.41) is 2.87. The monoisotopic (exact) mass is 304 g/mol. The maximum atomic E-state index is 12.1. The quantitative estimate of drug-likeness (QED) is 0.852. The van der Waals surface area contributed by atoms with Gasteiger partial charge < -0.3 is 14.6 Å². The summed E-state index contributed by atoms with van der Waals surface area (Å²) in [7, 11) is -0.482. The molecular weight excluding hydrogens is 279 g/mol. The standard InChI is InChI=1S/C16H25BN2O3/c1-14(2,3)13(20)19-12-8-11(9-18-10-12)17-21-15(4,5)16(6,7)22-17/h8-10H,1-7H3,(H,19,20). The summed E-state index contributed by atoms with van der Waals surface area (Å²) >= 11 is 0. The predicted molar refractivity (Wildman–Crippen MR) is 88.0 cm³/mol. The van der Waals surface area contributed by atoms with Crippen molar-refractivity contribution in [3.63, 3.8) is 0 Å². The van der Waals surface area contributed by atoms with Crippen molar-refractivity contribution in [3.8, 4) is 0 Å². The summed E-state index contributed by atoms with van der Waals surface area (Å²) in [6, 6.07) is 1.85. The van der Waals surface area contributed by atoms with Crippen LogP contribution in [0.25, 0.3) is 0 Å². The third kappa shape index (κ3) is 3.33. The molecule has 5 nitrogen and oxygen atoms in total. The summed E-state index contributed by atoms with van der Waals surface area (Å²) in [4.78, 5) is 16.3. The molecule has 2 heterocycles. The zero-order valence-corrected chi connectivity index (χ0v) is 14.5. The molecule has 2 rings (SSSR count). The predicted octanol–water partition coefficient (Wildman–Crippen LogP) is 2.37. The Hall–Kier alpha value is -1.40. The second-order valence-corrected chi connectivity index (χ2v) is 7.80. The first-order valence-corrected chi connectivity index (χ1v) is 7.54. The maximum Gasteiger partial charge on any atom is 0.496 e. The van der Waals surface area contributed by atoms with Gasteiger partial charge in [-0.2, -0.15) is 0 Å². The first kappa shape index (κ1) is 17.0. The van der Waals surface area contributed by atoms with E-state index in [-0.39, 0.29) is 5.91 Å². The number of pyridine rings is 1. The molecule has 1 fully saturated rings. The van der Waals surface area contributed by atoms with Crippen molar-refractivity contribution < 1.29 is 14.1 Å². The molecule has 0 saturated carbocycles. The summed E-state index contributed by atoms with van der Waals surface area (Å²) < 4.78 is 12.0. The number of carbonyl (C=O) groups excluding carboxylic acids is 1. The van der Waals surface area contributed by atoms with Crippen LogP contribution >= 0.6 is 0 Å². The highest BCUT2D eigenvalue weighted by molar-refractivity contribution is 6.62. The van der Waals surface area contributed by atoms with E-state index in [2.05, 4.69) is 10.3 Å². The molecule has 0 aromatic carbocycles. The van der Waals surface area contributed by atoms with Crippen molar-refractivity contribution in [2.75, 3.05) is 5.32 Å². The molecule has 1 N–H and O–H groups in total. The van der Waals surface area contributed by atoms with Crippen LogP contribution in [0.4, 0.5) is 5.69 Å². The molecule has 22 heavy (non-hydrogen) atoms. The van der Waals surface area contributed by atoms with Gasteiger partial charge in [0, 0.05) is 17.1 Å². The van der Waals surface area contributed by atoms with Crippen LogP contribution in [0.3, 0.4) is 0 Å². The van der Waals surface area contributed by atoms with Crippen molar-refractivity contribution >= 4 is 24.2 Å². The largest absolute Gasteiger partial charge is 0.496 e. The van der Waals surface area contributed by atoms with Crippen LogP contribution in [0.1, 0.15) is 48.5 Å². The number of anilines is 1. The second-order valence-electron chi connectivity index (χ2n) is 7.80. The lowest BCUT2D eigenvalue weighted by Gasteiger charge is -2.32. The summed E-state index contributed by atoms with van der Waals surface area (Å²) in [6.07, 6.45) is 3.33. The molecule has 0 radical (unpaired) electrons. The smallest absolute Gasteiger partial charge is 0.399 e. The highest BCUT2D eigenvalue weighted by Crippen LogP contribution is 2.36. The molecular formula is C16H25BN2O3. The Bertz CT molecular complexity index is 563. The molecule has 1 aliphatic heterocycles. The topological polar surface area (TPSA) is 60.5 Å². The van der Waals surface area contributed by atoms with E-state index in [4.69, 9.17) is 9.31 Å². The van der Waals surface area contributed by atoms with E-state index in [1.807, 2.05) is 54.5 Å². The summed E-state index contributed by atoms with van der Waals surface area (Å²) in [5.41, 5.74) is 0.183. The lowest BCUT2D eigenvalue weighted by atomic mass is 9.80. The maximum absolute atomic E-state index is 12.1. The van der Waals surface area contributed by atoms with Crippen LogP contribution in [-0.4, -0.2) is 29.2 Å². The summed E-state index contributed by atoms with van der Waals surface area (Å²) in [5.74, 6) is -0.0552. The van der Waals surface area contributed by atoms with E-state index in [9.17, 15) is 4.79 Å². The number of rotatable bonds is 2. The molecule has 1 aromatic heterocycles. The Morgan fingerprint density at radius 2 is 1.68 bits per heavy atom. The van der Waals surface area contributed by atoms with E-state index in [0.717, 1.165) is 5.46 Å². The van der Waals surface area contributed by atoms with Gasteiger partial charge in [-0.3, -0.25) is 9.78 Å². The highest BCUT2D eigenvalue weighted by Gasteiger charge is 2.51. The molecule has 1 amide bonds. The van der Waals surface area contributed by atoms with E-state index in [0.29, 0.717) is 5.69 Å². The van der Waals surface area contributed by atoms with Gasteiger partial charge in [-0.15, -0.1) is 0 Å². The molecule has 0 unspecified atom stereocenters. The van der Waals surface area contributed by atoms with Crippen molar-refractivity contribution in [1.82, 2.24) is 4.98 Å². The van der Waals surface area contributed by atoms with Crippen molar-refractivity contribution in [2.45, 2.75) is 59.7 Å². The normalized spacial score (nSPS) is 20.0. The Balaban J connectivity index is 2.18. The molecule has 1 aromatic rings. The number of amides is 1. The number of nitrogens with one attached hydrogen (secondary N) is 1. The lowest BCUT2D eigenvalue weighted by molar-refractivity contribution is -0.123. The number of nitrogens with zero attached hydrogens (tertiary/aromatic N) is 1. The van der Waals surface area contributed by atoms with Crippen LogP contribution in [-0.2, 0) is 14.1 Å². The fourth-order valence-corrected chi connectivity index (χ4v) is 1.95. The minimum atomic E-state index is -0.482. The van der Waals surface area contributed by atoms with Crippen LogP contribution in [0.15, 0.2) is 18.5 Å². The van der Waals surface area contributed by atoms with E-state index in [1.54, 1.807) is 12.4 Å². The lowest BCUT2D eigenvalue weighted by Crippen LogP contribution is -2.41. The van der Waals surface area contributed by atoms with Gasteiger partial charge in [-0.05, 0) is 33.8 Å². The number of aromatic nitrogens is 1. The van der Waals surface area contributed by atoms with Gasteiger partial charge in [0.05, 0.1) is 23.1 Å². The Kier molecular flexibility index (Phi) is 4.13. The first-order chi connectivity index (χ1) is 9.92. The van der Waals surface area contributed by atoms with Crippen LogP contribution in [0, 0.1) is 5.41 Å². The molecule has 0 bridgehead atoms. The van der Waals surface area contributed by atoms with Crippen LogP contribution < -0.4 is 10.8 Å². The molecule has 1 aliphatic rings. The molecule has 0 atom stereocenters. The van der Waals surface area contributed by atoms with Gasteiger partial charge in [0.15, 0.2) is 0 Å². The molecule has 0 spiro atoms. The summed E-state index contributed by atoms with van der Waals surface area (Å²) in [6.45, 7) is 13.6. The van der Waals surface area contributed by atoms with Crippen LogP contribution in [0.5, 0.6) is 0 Å². The zero-order valence-electron chi connectivity index (χ0n) is 14.5.